The first-order valence-corrected chi connectivity index (χ1v) is 6.75. The van der Waals surface area contributed by atoms with Gasteiger partial charge in [0, 0.05) is 0 Å². The maximum atomic E-state index is 2.20. The van der Waals surface area contributed by atoms with Crippen molar-refractivity contribution < 1.29 is 0 Å². The Morgan fingerprint density at radius 1 is 0.632 bits per heavy atom. The number of hydrogen-bond donors (Lipinski definition) is 0. The van der Waals surface area contributed by atoms with Crippen LogP contribution in [0.1, 0.15) is 36.1 Å². The number of benzene rings is 2. The quantitative estimate of drug-likeness (QED) is 0.684. The van der Waals surface area contributed by atoms with E-state index < -0.39 is 0 Å². The summed E-state index contributed by atoms with van der Waals surface area (Å²) in [6, 6.07) is 17.5. The van der Waals surface area contributed by atoms with E-state index in [0.717, 1.165) is 6.42 Å². The zero-order chi connectivity index (χ0) is 13.5. The van der Waals surface area contributed by atoms with E-state index >= 15 is 0 Å². The van der Waals surface area contributed by atoms with Crippen molar-refractivity contribution in [3.05, 3.63) is 82.9 Å². The summed E-state index contributed by atoms with van der Waals surface area (Å²) in [4.78, 5) is 0. The highest BCUT2D eigenvalue weighted by molar-refractivity contribution is 5.51. The largest absolute Gasteiger partial charge is 0.0871 e. The molecule has 0 atom stereocenters. The highest BCUT2D eigenvalue weighted by Gasteiger charge is 1.96. The molecule has 0 aliphatic heterocycles. The molecular weight excluding hydrogens is 228 g/mol. The first-order chi connectivity index (χ1) is 9.31. The van der Waals surface area contributed by atoms with Gasteiger partial charge in [0.1, 0.15) is 0 Å². The Bertz CT molecular complexity index is 500. The highest BCUT2D eigenvalue weighted by Crippen LogP contribution is 2.13. The molecule has 96 valence electrons. The fourth-order valence-electron chi connectivity index (χ4n) is 2.11. The second-order valence-corrected chi connectivity index (χ2v) is 4.66. The van der Waals surface area contributed by atoms with Crippen molar-refractivity contribution in [2.24, 2.45) is 0 Å². The molecule has 2 rings (SSSR count). The molecule has 0 saturated carbocycles. The smallest absolute Gasteiger partial charge is 0.00258 e. The van der Waals surface area contributed by atoms with Gasteiger partial charge in [-0.3, -0.25) is 0 Å². The summed E-state index contributed by atoms with van der Waals surface area (Å²) in [6.07, 6.45) is 9.36. The standard InChI is InChI=1S/C19H20/c1-3-5-16-7-11-18(12-8-16)15-19-13-9-17(6-4-2)10-14-19/h3-14H,15H2,1-2H3. The third kappa shape index (κ3) is 3.96. The van der Waals surface area contributed by atoms with Crippen molar-refractivity contribution in [3.8, 4) is 0 Å². The van der Waals surface area contributed by atoms with Crippen LogP contribution < -0.4 is 0 Å². The second-order valence-electron chi connectivity index (χ2n) is 4.66. The van der Waals surface area contributed by atoms with E-state index in [1.807, 2.05) is 13.8 Å². The van der Waals surface area contributed by atoms with Gasteiger partial charge in [-0.25, -0.2) is 0 Å². The predicted octanol–water partition coefficient (Wildman–Crippen LogP) is 5.34. The Hall–Kier alpha value is -2.08. The number of hydrogen-bond acceptors (Lipinski definition) is 0. The summed E-state index contributed by atoms with van der Waals surface area (Å²) in [6.45, 7) is 4.08. The molecule has 0 aromatic heterocycles. The Kier molecular flexibility index (Phi) is 4.74. The summed E-state index contributed by atoms with van der Waals surface area (Å²) < 4.78 is 0. The lowest BCUT2D eigenvalue weighted by Crippen LogP contribution is -1.88. The fraction of sp³-hybridized carbons (Fsp3) is 0.158. The van der Waals surface area contributed by atoms with Crippen LogP contribution in [0.5, 0.6) is 0 Å². The summed E-state index contributed by atoms with van der Waals surface area (Å²) in [7, 11) is 0. The van der Waals surface area contributed by atoms with Crippen LogP contribution in [0.4, 0.5) is 0 Å². The SMILES string of the molecule is CC=Cc1ccc(Cc2ccc(C=CC)cc2)cc1. The van der Waals surface area contributed by atoms with Gasteiger partial charge < -0.3 is 0 Å². The second kappa shape index (κ2) is 6.75. The van der Waals surface area contributed by atoms with Crippen LogP contribution in [-0.4, -0.2) is 0 Å². The molecule has 0 nitrogen and oxygen atoms in total. The lowest BCUT2D eigenvalue weighted by Gasteiger charge is -2.03. The first kappa shape index (κ1) is 13.4. The van der Waals surface area contributed by atoms with Crippen LogP contribution in [-0.2, 0) is 6.42 Å². The molecule has 0 saturated heterocycles. The minimum Gasteiger partial charge on any atom is -0.0871 e. The van der Waals surface area contributed by atoms with Gasteiger partial charge in [-0.2, -0.15) is 0 Å². The maximum Gasteiger partial charge on any atom is -0.00258 e. The van der Waals surface area contributed by atoms with Gasteiger partial charge in [-0.15, -0.1) is 0 Å². The normalized spacial score (nSPS) is 11.5. The van der Waals surface area contributed by atoms with Crippen molar-refractivity contribution in [1.29, 1.82) is 0 Å². The third-order valence-corrected chi connectivity index (χ3v) is 3.09. The molecule has 0 fully saturated rings. The van der Waals surface area contributed by atoms with Crippen molar-refractivity contribution >= 4 is 12.2 Å². The van der Waals surface area contributed by atoms with E-state index in [-0.39, 0.29) is 0 Å². The van der Waals surface area contributed by atoms with Crippen LogP contribution in [0.2, 0.25) is 0 Å². The van der Waals surface area contributed by atoms with Gasteiger partial charge in [0.05, 0.1) is 0 Å². The third-order valence-electron chi connectivity index (χ3n) is 3.09. The van der Waals surface area contributed by atoms with E-state index in [0.29, 0.717) is 0 Å². The minimum atomic E-state index is 0.992. The molecule has 0 heteroatoms. The summed E-state index contributed by atoms with van der Waals surface area (Å²) in [5.74, 6) is 0. The molecule has 0 spiro atoms. The van der Waals surface area contributed by atoms with Crippen molar-refractivity contribution in [2.45, 2.75) is 20.3 Å². The topological polar surface area (TPSA) is 0 Å². The monoisotopic (exact) mass is 248 g/mol. The van der Waals surface area contributed by atoms with Gasteiger partial charge in [-0.1, -0.05) is 72.8 Å². The van der Waals surface area contributed by atoms with Crippen LogP contribution in [0, 0.1) is 0 Å². The molecule has 0 heterocycles. The summed E-state index contributed by atoms with van der Waals surface area (Å²) >= 11 is 0. The van der Waals surface area contributed by atoms with Crippen molar-refractivity contribution in [2.75, 3.05) is 0 Å². The van der Waals surface area contributed by atoms with Gasteiger partial charge >= 0.3 is 0 Å². The molecule has 19 heavy (non-hydrogen) atoms. The Balaban J connectivity index is 2.07. The number of rotatable bonds is 4. The van der Waals surface area contributed by atoms with Gasteiger partial charge in [-0.05, 0) is 42.5 Å². The van der Waals surface area contributed by atoms with Gasteiger partial charge in [0.15, 0.2) is 0 Å². The van der Waals surface area contributed by atoms with Crippen LogP contribution in [0.3, 0.4) is 0 Å². The molecule has 0 bridgehead atoms. The zero-order valence-corrected chi connectivity index (χ0v) is 11.6. The summed E-state index contributed by atoms with van der Waals surface area (Å²) in [5, 5.41) is 0. The molecule has 2 aromatic rings. The molecule has 0 N–H and O–H groups in total. The van der Waals surface area contributed by atoms with E-state index in [1.54, 1.807) is 0 Å². The Morgan fingerprint density at radius 2 is 1.00 bits per heavy atom. The zero-order valence-electron chi connectivity index (χ0n) is 11.6. The lowest BCUT2D eigenvalue weighted by atomic mass is 10.0. The van der Waals surface area contributed by atoms with Gasteiger partial charge in [0.25, 0.3) is 0 Å². The van der Waals surface area contributed by atoms with E-state index in [9.17, 15) is 0 Å². The first-order valence-electron chi connectivity index (χ1n) is 6.75. The molecule has 0 aliphatic rings. The maximum absolute atomic E-state index is 2.20. The molecule has 0 radical (unpaired) electrons. The Labute approximate surface area is 116 Å². The summed E-state index contributed by atoms with van der Waals surface area (Å²) in [5.41, 5.74) is 5.23. The van der Waals surface area contributed by atoms with E-state index in [4.69, 9.17) is 0 Å². The molecular formula is C19H20. The fourth-order valence-corrected chi connectivity index (χ4v) is 2.11. The highest BCUT2D eigenvalue weighted by atomic mass is 14.0. The lowest BCUT2D eigenvalue weighted by molar-refractivity contribution is 1.19. The van der Waals surface area contributed by atoms with E-state index in [2.05, 4.69) is 72.8 Å². The van der Waals surface area contributed by atoms with Crippen LogP contribution in [0.25, 0.3) is 12.2 Å². The van der Waals surface area contributed by atoms with E-state index in [1.165, 1.54) is 22.3 Å². The van der Waals surface area contributed by atoms with Crippen LogP contribution in [0.15, 0.2) is 60.7 Å². The Morgan fingerprint density at radius 3 is 1.32 bits per heavy atom. The molecule has 0 aliphatic carbocycles. The average molecular weight is 248 g/mol. The van der Waals surface area contributed by atoms with Crippen LogP contribution >= 0.6 is 0 Å². The predicted molar refractivity (Wildman–Crippen MR) is 85.1 cm³/mol. The molecule has 0 amide bonds. The van der Waals surface area contributed by atoms with Crippen molar-refractivity contribution in [1.82, 2.24) is 0 Å². The molecule has 0 unspecified atom stereocenters. The van der Waals surface area contributed by atoms with Gasteiger partial charge in [0.2, 0.25) is 0 Å². The molecule has 2 aromatic carbocycles. The number of allylic oxidation sites excluding steroid dienone is 2. The van der Waals surface area contributed by atoms with Crippen molar-refractivity contribution in [3.63, 3.8) is 0 Å². The minimum absolute atomic E-state index is 0.992. The average Bonchev–Trinajstić information content (AvgIpc) is 2.44.